The van der Waals surface area contributed by atoms with Gasteiger partial charge in [0.05, 0.1) is 12.1 Å². The summed E-state index contributed by atoms with van der Waals surface area (Å²) in [5, 5.41) is 5.30. The molecule has 0 saturated carbocycles. The molecule has 0 aliphatic carbocycles. The zero-order valence-corrected chi connectivity index (χ0v) is 15.4. The number of hydrogen-bond donors (Lipinski definition) is 0. The van der Waals surface area contributed by atoms with Gasteiger partial charge in [-0.3, -0.25) is 9.88 Å². The lowest BCUT2D eigenvalue weighted by Gasteiger charge is -2.15. The molecule has 5 nitrogen and oxygen atoms in total. The van der Waals surface area contributed by atoms with E-state index in [4.69, 9.17) is 4.52 Å². The van der Waals surface area contributed by atoms with Crippen LogP contribution in [0.5, 0.6) is 0 Å². The summed E-state index contributed by atoms with van der Waals surface area (Å²) in [6.07, 6.45) is 3.52. The van der Waals surface area contributed by atoms with Gasteiger partial charge in [-0.2, -0.15) is 4.98 Å². The van der Waals surface area contributed by atoms with Crippen molar-refractivity contribution >= 4 is 10.9 Å². The van der Waals surface area contributed by atoms with Crippen molar-refractivity contribution in [3.63, 3.8) is 0 Å². The van der Waals surface area contributed by atoms with E-state index < -0.39 is 0 Å². The summed E-state index contributed by atoms with van der Waals surface area (Å²) in [6, 6.07) is 20.7. The molecule has 27 heavy (non-hydrogen) atoms. The minimum atomic E-state index is 0.620. The van der Waals surface area contributed by atoms with E-state index >= 15 is 0 Å². The zero-order chi connectivity index (χ0) is 18.5. The Labute approximate surface area is 158 Å². The summed E-state index contributed by atoms with van der Waals surface area (Å²) in [5.41, 5.74) is 3.54. The number of nitrogens with zero attached hydrogens (tertiary/aromatic N) is 4. The number of aromatic nitrogens is 3. The summed E-state index contributed by atoms with van der Waals surface area (Å²) < 4.78 is 5.43. The van der Waals surface area contributed by atoms with E-state index in [1.807, 2.05) is 30.5 Å². The minimum Gasteiger partial charge on any atom is -0.338 e. The number of aryl methyl sites for hydroxylation is 2. The van der Waals surface area contributed by atoms with Gasteiger partial charge >= 0.3 is 0 Å². The lowest BCUT2D eigenvalue weighted by molar-refractivity contribution is 0.261. The smallest absolute Gasteiger partial charge is 0.240 e. The molecule has 0 aliphatic rings. The number of benzene rings is 2. The molecule has 2 aromatic heterocycles. The second-order valence-corrected chi connectivity index (χ2v) is 6.75. The molecule has 2 aromatic carbocycles. The van der Waals surface area contributed by atoms with E-state index in [9.17, 15) is 0 Å². The standard InChI is InChI=1S/C22H22N4O/c1-26(15-18-9-5-11-20-19(18)10-6-14-23-20)16-22-24-21(25-27-22)13-12-17-7-3-2-4-8-17/h2-11,14H,12-13,15-16H2,1H3. The monoisotopic (exact) mass is 358 g/mol. The maximum atomic E-state index is 5.43. The van der Waals surface area contributed by atoms with Crippen molar-refractivity contribution in [3.05, 3.63) is 89.7 Å². The van der Waals surface area contributed by atoms with Crippen molar-refractivity contribution in [2.45, 2.75) is 25.9 Å². The Balaban J connectivity index is 1.37. The first-order chi connectivity index (χ1) is 13.3. The number of rotatable bonds is 7. The highest BCUT2D eigenvalue weighted by Gasteiger charge is 2.11. The Morgan fingerprint density at radius 3 is 2.67 bits per heavy atom. The second kappa shape index (κ2) is 8.10. The lowest BCUT2D eigenvalue weighted by atomic mass is 10.1. The fourth-order valence-electron chi connectivity index (χ4n) is 3.24. The van der Waals surface area contributed by atoms with Gasteiger partial charge in [0, 0.05) is 24.5 Å². The van der Waals surface area contributed by atoms with Crippen LogP contribution in [-0.2, 0) is 25.9 Å². The maximum absolute atomic E-state index is 5.43. The number of fused-ring (bicyclic) bond motifs is 1. The highest BCUT2D eigenvalue weighted by Crippen LogP contribution is 2.18. The minimum absolute atomic E-state index is 0.620. The summed E-state index contributed by atoms with van der Waals surface area (Å²) in [7, 11) is 2.06. The largest absolute Gasteiger partial charge is 0.338 e. The van der Waals surface area contributed by atoms with Gasteiger partial charge in [-0.15, -0.1) is 0 Å². The highest BCUT2D eigenvalue weighted by atomic mass is 16.5. The summed E-state index contributed by atoms with van der Waals surface area (Å²) >= 11 is 0. The van der Waals surface area contributed by atoms with Crippen LogP contribution in [0.1, 0.15) is 22.8 Å². The molecule has 0 aliphatic heterocycles. The lowest BCUT2D eigenvalue weighted by Crippen LogP contribution is -2.17. The second-order valence-electron chi connectivity index (χ2n) is 6.75. The first-order valence-corrected chi connectivity index (χ1v) is 9.14. The topological polar surface area (TPSA) is 55.1 Å². The highest BCUT2D eigenvalue weighted by molar-refractivity contribution is 5.81. The zero-order valence-electron chi connectivity index (χ0n) is 15.4. The van der Waals surface area contributed by atoms with E-state index in [2.05, 4.69) is 63.5 Å². The quantitative estimate of drug-likeness (QED) is 0.499. The molecule has 0 bridgehead atoms. The van der Waals surface area contributed by atoms with Gasteiger partial charge < -0.3 is 4.52 Å². The van der Waals surface area contributed by atoms with Gasteiger partial charge in [-0.25, -0.2) is 0 Å². The van der Waals surface area contributed by atoms with E-state index in [1.165, 1.54) is 16.5 Å². The summed E-state index contributed by atoms with van der Waals surface area (Å²) in [4.78, 5) is 11.1. The first kappa shape index (κ1) is 17.4. The van der Waals surface area contributed by atoms with Gasteiger partial charge in [0.15, 0.2) is 5.82 Å². The Bertz CT molecular complexity index is 1010. The predicted octanol–water partition coefficient (Wildman–Crippen LogP) is 4.04. The van der Waals surface area contributed by atoms with Crippen molar-refractivity contribution in [3.8, 4) is 0 Å². The maximum Gasteiger partial charge on any atom is 0.240 e. The van der Waals surface area contributed by atoms with Gasteiger partial charge in [-0.05, 0) is 36.7 Å². The van der Waals surface area contributed by atoms with Gasteiger partial charge in [0.2, 0.25) is 5.89 Å². The summed E-state index contributed by atoms with van der Waals surface area (Å²) in [6.45, 7) is 1.42. The first-order valence-electron chi connectivity index (χ1n) is 9.14. The Kier molecular flexibility index (Phi) is 5.21. The molecule has 0 spiro atoms. The molecule has 2 heterocycles. The average Bonchev–Trinajstić information content (AvgIpc) is 3.15. The van der Waals surface area contributed by atoms with E-state index in [1.54, 1.807) is 0 Å². The molecular formula is C22H22N4O. The molecule has 0 radical (unpaired) electrons. The van der Waals surface area contributed by atoms with Crippen molar-refractivity contribution in [2.75, 3.05) is 7.05 Å². The molecule has 0 saturated heterocycles. The fourth-order valence-corrected chi connectivity index (χ4v) is 3.24. The van der Waals surface area contributed by atoms with Crippen molar-refractivity contribution in [2.24, 2.45) is 0 Å². The molecule has 5 heteroatoms. The fraction of sp³-hybridized carbons (Fsp3) is 0.227. The molecule has 136 valence electrons. The Morgan fingerprint density at radius 2 is 1.78 bits per heavy atom. The van der Waals surface area contributed by atoms with Gasteiger partial charge in [0.25, 0.3) is 0 Å². The van der Waals surface area contributed by atoms with Gasteiger partial charge in [0.1, 0.15) is 0 Å². The van der Waals surface area contributed by atoms with Crippen molar-refractivity contribution in [1.29, 1.82) is 0 Å². The predicted molar refractivity (Wildman–Crippen MR) is 105 cm³/mol. The molecule has 0 unspecified atom stereocenters. The van der Waals surface area contributed by atoms with Crippen LogP contribution in [0.15, 0.2) is 71.4 Å². The molecule has 4 aromatic rings. The van der Waals surface area contributed by atoms with Crippen LogP contribution >= 0.6 is 0 Å². The number of pyridine rings is 1. The van der Waals surface area contributed by atoms with Crippen LogP contribution in [0, 0.1) is 0 Å². The molecule has 0 fully saturated rings. The Hall–Kier alpha value is -3.05. The van der Waals surface area contributed by atoms with Crippen molar-refractivity contribution in [1.82, 2.24) is 20.0 Å². The molecular weight excluding hydrogens is 336 g/mol. The van der Waals surface area contributed by atoms with Crippen molar-refractivity contribution < 1.29 is 4.52 Å². The van der Waals surface area contributed by atoms with Crippen LogP contribution in [0.2, 0.25) is 0 Å². The third-order valence-electron chi connectivity index (χ3n) is 4.57. The van der Waals surface area contributed by atoms with E-state index in [-0.39, 0.29) is 0 Å². The van der Waals surface area contributed by atoms with Gasteiger partial charge in [-0.1, -0.05) is 53.7 Å². The average molecular weight is 358 g/mol. The van der Waals surface area contributed by atoms with Crippen LogP contribution in [0.25, 0.3) is 10.9 Å². The number of hydrogen-bond acceptors (Lipinski definition) is 5. The third-order valence-corrected chi connectivity index (χ3v) is 4.57. The summed E-state index contributed by atoms with van der Waals surface area (Å²) in [5.74, 6) is 1.41. The van der Waals surface area contributed by atoms with Crippen LogP contribution < -0.4 is 0 Å². The molecule has 0 atom stereocenters. The SMILES string of the molecule is CN(Cc1nc(CCc2ccccc2)no1)Cc1cccc2ncccc12. The molecule has 0 N–H and O–H groups in total. The van der Waals surface area contributed by atoms with E-state index in [0.29, 0.717) is 12.4 Å². The van der Waals surface area contributed by atoms with Crippen LogP contribution in [0.3, 0.4) is 0 Å². The molecule has 0 amide bonds. The van der Waals surface area contributed by atoms with Crippen LogP contribution in [-0.4, -0.2) is 27.1 Å². The third kappa shape index (κ3) is 4.38. The van der Waals surface area contributed by atoms with E-state index in [0.717, 1.165) is 30.7 Å². The molecule has 4 rings (SSSR count). The Morgan fingerprint density at radius 1 is 0.889 bits per heavy atom. The van der Waals surface area contributed by atoms with Crippen LogP contribution in [0.4, 0.5) is 0 Å². The normalized spacial score (nSPS) is 11.3.